The highest BCUT2D eigenvalue weighted by Gasteiger charge is 2.15. The minimum Gasteiger partial charge on any atom is -0.494 e. The van der Waals surface area contributed by atoms with Gasteiger partial charge in [0.05, 0.1) is 28.0 Å². The second-order valence-corrected chi connectivity index (χ2v) is 6.54. The number of rotatable bonds is 4. The van der Waals surface area contributed by atoms with E-state index in [-0.39, 0.29) is 10.4 Å². The zero-order valence-electron chi connectivity index (χ0n) is 13.0. The number of fused-ring (bicyclic) bond motifs is 1. The second-order valence-electron chi connectivity index (χ2n) is 5.17. The molecule has 3 aromatic rings. The molecule has 1 heterocycles. The van der Waals surface area contributed by atoms with Crippen molar-refractivity contribution < 1.29 is 4.74 Å². The summed E-state index contributed by atoms with van der Waals surface area (Å²) in [5, 5.41) is 0.610. The van der Waals surface area contributed by atoms with Gasteiger partial charge in [-0.25, -0.2) is 4.98 Å². The molecule has 0 spiro atoms. The molecule has 0 radical (unpaired) electrons. The van der Waals surface area contributed by atoms with Crippen molar-refractivity contribution in [1.29, 1.82) is 0 Å². The van der Waals surface area contributed by atoms with E-state index in [1.165, 1.54) is 0 Å². The number of para-hydroxylation sites is 1. The minimum atomic E-state index is -0.0685. The molecule has 5 heteroatoms. The Bertz CT molecular complexity index is 886. The molecule has 0 aliphatic carbocycles. The van der Waals surface area contributed by atoms with Crippen LogP contribution in [0.2, 0.25) is 0 Å². The number of aromatic nitrogens is 2. The molecule has 0 saturated heterocycles. The number of alkyl halides is 1. The van der Waals surface area contributed by atoms with Gasteiger partial charge >= 0.3 is 0 Å². The van der Waals surface area contributed by atoms with E-state index in [9.17, 15) is 4.79 Å². The van der Waals surface area contributed by atoms with E-state index in [0.717, 1.165) is 11.4 Å². The largest absolute Gasteiger partial charge is 0.494 e. The van der Waals surface area contributed by atoms with Crippen LogP contribution in [0.4, 0.5) is 0 Å². The van der Waals surface area contributed by atoms with Crippen LogP contribution in [0.3, 0.4) is 0 Å². The number of halogens is 1. The third kappa shape index (κ3) is 3.01. The predicted molar refractivity (Wildman–Crippen MR) is 95.9 cm³/mol. The maximum atomic E-state index is 12.9. The molecule has 118 valence electrons. The third-order valence-electron chi connectivity index (χ3n) is 3.56. The summed E-state index contributed by atoms with van der Waals surface area (Å²) in [6.45, 7) is 4.51. The van der Waals surface area contributed by atoms with Crippen LogP contribution < -0.4 is 10.3 Å². The number of nitrogens with zero attached hydrogens (tertiary/aromatic N) is 2. The molecular weight excluding hydrogens is 356 g/mol. The Kier molecular flexibility index (Phi) is 4.48. The van der Waals surface area contributed by atoms with Gasteiger partial charge in [0.1, 0.15) is 11.6 Å². The normalized spacial score (nSPS) is 12.3. The topological polar surface area (TPSA) is 44.1 Å². The first kappa shape index (κ1) is 15.7. The molecule has 0 N–H and O–H groups in total. The SMILES string of the molecule is CCOc1ccc(-n2c(C(C)Br)nc3ccccc3c2=O)cc1. The first-order chi connectivity index (χ1) is 11.1. The van der Waals surface area contributed by atoms with Crippen LogP contribution in [-0.2, 0) is 0 Å². The van der Waals surface area contributed by atoms with Crippen LogP contribution in [0.15, 0.2) is 53.3 Å². The minimum absolute atomic E-state index is 0.0497. The summed E-state index contributed by atoms with van der Waals surface area (Å²) in [5.74, 6) is 1.46. The van der Waals surface area contributed by atoms with E-state index in [2.05, 4.69) is 20.9 Å². The summed E-state index contributed by atoms with van der Waals surface area (Å²) in [7, 11) is 0. The Morgan fingerprint density at radius 1 is 1.17 bits per heavy atom. The molecule has 3 rings (SSSR count). The fourth-order valence-electron chi connectivity index (χ4n) is 2.52. The first-order valence-corrected chi connectivity index (χ1v) is 8.42. The van der Waals surface area contributed by atoms with Crippen LogP contribution in [0, 0.1) is 0 Å². The van der Waals surface area contributed by atoms with E-state index in [1.54, 1.807) is 10.6 Å². The van der Waals surface area contributed by atoms with Crippen molar-refractivity contribution in [3.05, 3.63) is 64.7 Å². The zero-order valence-corrected chi connectivity index (χ0v) is 14.6. The van der Waals surface area contributed by atoms with Gasteiger partial charge in [0, 0.05) is 0 Å². The Morgan fingerprint density at radius 3 is 2.52 bits per heavy atom. The molecule has 0 aliphatic rings. The van der Waals surface area contributed by atoms with Gasteiger partial charge in [-0.05, 0) is 50.2 Å². The monoisotopic (exact) mass is 372 g/mol. The van der Waals surface area contributed by atoms with Crippen LogP contribution in [0.5, 0.6) is 5.75 Å². The maximum absolute atomic E-state index is 12.9. The van der Waals surface area contributed by atoms with Crippen molar-refractivity contribution >= 4 is 26.8 Å². The molecule has 0 saturated carbocycles. The summed E-state index contributed by atoms with van der Waals surface area (Å²) in [5.41, 5.74) is 1.42. The van der Waals surface area contributed by atoms with E-state index < -0.39 is 0 Å². The molecule has 0 amide bonds. The van der Waals surface area contributed by atoms with Gasteiger partial charge in [0.25, 0.3) is 5.56 Å². The van der Waals surface area contributed by atoms with E-state index in [4.69, 9.17) is 4.74 Å². The Hall–Kier alpha value is -2.14. The number of benzene rings is 2. The number of hydrogen-bond acceptors (Lipinski definition) is 3. The molecule has 0 fully saturated rings. The lowest BCUT2D eigenvalue weighted by Gasteiger charge is -2.15. The summed E-state index contributed by atoms with van der Waals surface area (Å²) in [6.07, 6.45) is 0. The van der Waals surface area contributed by atoms with Gasteiger partial charge in [-0.2, -0.15) is 0 Å². The maximum Gasteiger partial charge on any atom is 0.265 e. The van der Waals surface area contributed by atoms with Crippen LogP contribution >= 0.6 is 15.9 Å². The van der Waals surface area contributed by atoms with Gasteiger partial charge < -0.3 is 4.74 Å². The van der Waals surface area contributed by atoms with Crippen molar-refractivity contribution in [2.24, 2.45) is 0 Å². The van der Waals surface area contributed by atoms with Crippen molar-refractivity contribution in [2.45, 2.75) is 18.7 Å². The Labute approximate surface area is 142 Å². The smallest absolute Gasteiger partial charge is 0.265 e. The van der Waals surface area contributed by atoms with E-state index in [0.29, 0.717) is 23.3 Å². The molecule has 23 heavy (non-hydrogen) atoms. The molecule has 2 aromatic carbocycles. The van der Waals surface area contributed by atoms with Crippen LogP contribution in [-0.4, -0.2) is 16.2 Å². The average molecular weight is 373 g/mol. The molecule has 4 nitrogen and oxygen atoms in total. The summed E-state index contributed by atoms with van der Waals surface area (Å²) in [4.78, 5) is 17.5. The fourth-order valence-corrected chi connectivity index (χ4v) is 2.83. The summed E-state index contributed by atoms with van der Waals surface area (Å²) in [6, 6.07) is 14.9. The lowest BCUT2D eigenvalue weighted by Crippen LogP contribution is -2.24. The van der Waals surface area contributed by atoms with Crippen molar-refractivity contribution in [3.63, 3.8) is 0 Å². The lowest BCUT2D eigenvalue weighted by molar-refractivity contribution is 0.340. The van der Waals surface area contributed by atoms with Crippen molar-refractivity contribution in [3.8, 4) is 11.4 Å². The molecule has 0 aliphatic heterocycles. The molecule has 1 atom stereocenters. The van der Waals surface area contributed by atoms with Gasteiger partial charge in [-0.15, -0.1) is 0 Å². The van der Waals surface area contributed by atoms with Gasteiger partial charge in [-0.1, -0.05) is 28.1 Å². The highest BCUT2D eigenvalue weighted by atomic mass is 79.9. The highest BCUT2D eigenvalue weighted by Crippen LogP contribution is 2.24. The second kappa shape index (κ2) is 6.54. The zero-order chi connectivity index (χ0) is 16.4. The van der Waals surface area contributed by atoms with Crippen LogP contribution in [0.25, 0.3) is 16.6 Å². The average Bonchev–Trinajstić information content (AvgIpc) is 2.56. The van der Waals surface area contributed by atoms with Crippen molar-refractivity contribution in [1.82, 2.24) is 9.55 Å². The van der Waals surface area contributed by atoms with Gasteiger partial charge in [0.2, 0.25) is 0 Å². The lowest BCUT2D eigenvalue weighted by atomic mass is 10.2. The Balaban J connectivity index is 2.24. The standard InChI is InChI=1S/C18H17BrN2O2/c1-3-23-14-10-8-13(9-11-14)21-17(12(2)19)20-16-7-5-4-6-15(16)18(21)22/h4-12H,3H2,1-2H3. The Morgan fingerprint density at radius 2 is 1.87 bits per heavy atom. The molecule has 1 aromatic heterocycles. The summed E-state index contributed by atoms with van der Waals surface area (Å²) >= 11 is 3.54. The van der Waals surface area contributed by atoms with Crippen LogP contribution in [0.1, 0.15) is 24.5 Å². The molecule has 0 bridgehead atoms. The predicted octanol–water partition coefficient (Wildman–Crippen LogP) is 4.24. The van der Waals surface area contributed by atoms with Gasteiger partial charge in [-0.3, -0.25) is 9.36 Å². The highest BCUT2D eigenvalue weighted by molar-refractivity contribution is 9.09. The fraction of sp³-hybridized carbons (Fsp3) is 0.222. The number of ether oxygens (including phenoxy) is 1. The van der Waals surface area contributed by atoms with E-state index in [1.807, 2.05) is 56.3 Å². The van der Waals surface area contributed by atoms with Crippen molar-refractivity contribution in [2.75, 3.05) is 6.61 Å². The first-order valence-electron chi connectivity index (χ1n) is 7.51. The third-order valence-corrected chi connectivity index (χ3v) is 3.97. The number of hydrogen-bond donors (Lipinski definition) is 0. The summed E-state index contributed by atoms with van der Waals surface area (Å²) < 4.78 is 7.11. The van der Waals surface area contributed by atoms with Gasteiger partial charge in [0.15, 0.2) is 0 Å². The molecular formula is C18H17BrN2O2. The van der Waals surface area contributed by atoms with E-state index >= 15 is 0 Å². The molecule has 1 unspecified atom stereocenters. The quantitative estimate of drug-likeness (QED) is 0.643.